The summed E-state index contributed by atoms with van der Waals surface area (Å²) in [5.74, 6) is -0.670. The molecule has 3 nitrogen and oxygen atoms in total. The van der Waals surface area contributed by atoms with Crippen LogP contribution in [0.1, 0.15) is 54.4 Å². The summed E-state index contributed by atoms with van der Waals surface area (Å²) < 4.78 is 35.8. The first-order chi connectivity index (χ1) is 18.3. The number of hydrogen-bond donors (Lipinski definition) is 0. The first-order valence-corrected chi connectivity index (χ1v) is 13.5. The first kappa shape index (κ1) is 34.8. The van der Waals surface area contributed by atoms with E-state index in [0.717, 1.165) is 36.4 Å². The predicted octanol–water partition coefficient (Wildman–Crippen LogP) is 9.60. The summed E-state index contributed by atoms with van der Waals surface area (Å²) in [5, 5.41) is 0. The maximum Gasteiger partial charge on any atom is 0.125 e. The van der Waals surface area contributed by atoms with E-state index >= 15 is 0 Å². The van der Waals surface area contributed by atoms with E-state index in [-0.39, 0.29) is 0 Å². The van der Waals surface area contributed by atoms with Crippen molar-refractivity contribution in [2.45, 2.75) is 54.4 Å². The van der Waals surface area contributed by atoms with Crippen LogP contribution in [0, 0.1) is 5.92 Å². The van der Waals surface area contributed by atoms with Gasteiger partial charge in [-0.1, -0.05) is 83.2 Å². The number of rotatable bonds is 16. The van der Waals surface area contributed by atoms with Crippen molar-refractivity contribution >= 4 is 5.70 Å². The van der Waals surface area contributed by atoms with E-state index in [0.29, 0.717) is 19.6 Å². The van der Waals surface area contributed by atoms with Gasteiger partial charge in [-0.25, -0.2) is 8.78 Å². The Balaban J connectivity index is 0.00000667. The molecule has 0 aliphatic carbocycles. The molecule has 1 atom stereocenters. The molecule has 0 fully saturated rings. The highest BCUT2D eigenvalue weighted by Crippen LogP contribution is 2.18. The summed E-state index contributed by atoms with van der Waals surface area (Å²) in [6.45, 7) is 17.2. The van der Waals surface area contributed by atoms with Gasteiger partial charge in [-0.15, -0.1) is 0 Å². The molecule has 1 unspecified atom stereocenters. The number of halogens is 2. The lowest BCUT2D eigenvalue weighted by molar-refractivity contribution is 0.276. The smallest absolute Gasteiger partial charge is 0.125 e. The molecular weight excluding hydrogens is 478 g/mol. The molecule has 0 bridgehead atoms. The van der Waals surface area contributed by atoms with Crippen LogP contribution >= 0.6 is 0 Å². The molecule has 0 saturated carbocycles. The predicted molar refractivity (Wildman–Crippen MR) is 162 cm³/mol. The van der Waals surface area contributed by atoms with Gasteiger partial charge < -0.3 is 9.30 Å². The van der Waals surface area contributed by atoms with Crippen LogP contribution in [0.5, 0.6) is 0 Å². The van der Waals surface area contributed by atoms with E-state index in [9.17, 15) is 8.78 Å². The maximum atomic E-state index is 14.6. The second kappa shape index (κ2) is 21.9. The largest absolute Gasteiger partial charge is 0.501 e. The molecule has 0 amide bonds. The van der Waals surface area contributed by atoms with Crippen LogP contribution in [0.15, 0.2) is 115 Å². The highest BCUT2D eigenvalue weighted by atomic mass is 19.1. The molecule has 0 radical (unpaired) electrons. The average molecular weight is 527 g/mol. The molecular formula is C33H48F2N2O. The average Bonchev–Trinajstić information content (AvgIpc) is 3.46. The van der Waals surface area contributed by atoms with Gasteiger partial charge in [0.05, 0.1) is 12.9 Å². The van der Waals surface area contributed by atoms with Crippen LogP contribution in [-0.4, -0.2) is 36.2 Å². The molecule has 0 aromatic carbocycles. The van der Waals surface area contributed by atoms with E-state index in [4.69, 9.17) is 4.74 Å². The molecule has 0 saturated heterocycles. The molecule has 0 spiro atoms. The molecule has 1 aromatic heterocycles. The normalized spacial score (nSPS) is 14.7. The minimum absolute atomic E-state index is 0.455. The van der Waals surface area contributed by atoms with Crippen LogP contribution in [0.25, 0.3) is 5.70 Å². The van der Waals surface area contributed by atoms with Crippen molar-refractivity contribution in [1.82, 2.24) is 9.47 Å². The van der Waals surface area contributed by atoms with Gasteiger partial charge in [-0.3, -0.25) is 4.90 Å². The Labute approximate surface area is 230 Å². The number of methoxy groups -OCH3 is 1. The summed E-state index contributed by atoms with van der Waals surface area (Å²) in [6.07, 6.45) is 23.2. The third kappa shape index (κ3) is 15.2. The van der Waals surface area contributed by atoms with Crippen molar-refractivity contribution < 1.29 is 13.5 Å². The lowest BCUT2D eigenvalue weighted by Crippen LogP contribution is -2.31. The van der Waals surface area contributed by atoms with Crippen molar-refractivity contribution in [3.8, 4) is 0 Å². The van der Waals surface area contributed by atoms with E-state index in [1.165, 1.54) is 11.6 Å². The van der Waals surface area contributed by atoms with Crippen molar-refractivity contribution in [1.29, 1.82) is 0 Å². The van der Waals surface area contributed by atoms with Crippen LogP contribution in [-0.2, 0) is 4.74 Å². The molecule has 210 valence electrons. The number of aromatic nitrogens is 1. The molecule has 0 N–H and O–H groups in total. The molecule has 1 rings (SSSR count). The van der Waals surface area contributed by atoms with Crippen LogP contribution < -0.4 is 0 Å². The van der Waals surface area contributed by atoms with E-state index < -0.39 is 17.6 Å². The summed E-state index contributed by atoms with van der Waals surface area (Å²) in [7, 11) is 1.67. The van der Waals surface area contributed by atoms with E-state index in [1.54, 1.807) is 14.0 Å². The van der Waals surface area contributed by atoms with Crippen molar-refractivity contribution in [2.24, 2.45) is 5.92 Å². The number of hydrogen-bond acceptors (Lipinski definition) is 2. The lowest BCUT2D eigenvalue weighted by Gasteiger charge is -2.25. The van der Waals surface area contributed by atoms with Crippen molar-refractivity contribution in [3.05, 3.63) is 115 Å². The summed E-state index contributed by atoms with van der Waals surface area (Å²) in [4.78, 5) is 2.17. The van der Waals surface area contributed by atoms with E-state index in [1.807, 2.05) is 87.2 Å². The zero-order valence-electron chi connectivity index (χ0n) is 24.5. The van der Waals surface area contributed by atoms with Gasteiger partial charge in [0.25, 0.3) is 0 Å². The maximum absolute atomic E-state index is 14.6. The van der Waals surface area contributed by atoms with Crippen molar-refractivity contribution in [2.75, 3.05) is 26.7 Å². The second-order valence-electron chi connectivity index (χ2n) is 8.49. The van der Waals surface area contributed by atoms with Gasteiger partial charge in [0, 0.05) is 56.1 Å². The second-order valence-corrected chi connectivity index (χ2v) is 8.49. The standard InChI is InChI=1S/C31H42F2N2O.C2H6/c1-7-16-29(32)23-31(33)26(4)24-34(25-28(8-2)18-19-30(9-3)36-6)20-13-11-10-12-17-27(5)35-21-14-15-22-35;1-2/h7,10-19,21-23,26H,1,8-9,20,24-25H2,2-6H3;1-2H3/b12-10-,13-11+,27-17+,28-18+,29-16+,30-19+,31-23+;. The quantitative estimate of drug-likeness (QED) is 0.158. The SMILES string of the molecule is C=C/C=C(F)\C=C(\F)C(C)CN(C/C=C/C=C\C=C(/C)n1cccc1)C/C(=C/C=C(\CC)OC)CC.CC. The van der Waals surface area contributed by atoms with Gasteiger partial charge in [0.15, 0.2) is 0 Å². The first-order valence-electron chi connectivity index (χ1n) is 13.5. The van der Waals surface area contributed by atoms with E-state index in [2.05, 4.69) is 30.6 Å². The topological polar surface area (TPSA) is 17.4 Å². The monoisotopic (exact) mass is 526 g/mol. The lowest BCUT2D eigenvalue weighted by atomic mass is 10.1. The molecule has 1 aromatic rings. The number of nitrogens with zero attached hydrogens (tertiary/aromatic N) is 2. The zero-order valence-corrected chi connectivity index (χ0v) is 24.5. The fraction of sp³-hybridized carbons (Fsp3) is 0.394. The van der Waals surface area contributed by atoms with Crippen LogP contribution in [0.2, 0.25) is 0 Å². The third-order valence-corrected chi connectivity index (χ3v) is 5.62. The summed E-state index contributed by atoms with van der Waals surface area (Å²) >= 11 is 0. The van der Waals surface area contributed by atoms with Gasteiger partial charge >= 0.3 is 0 Å². The highest BCUT2D eigenvalue weighted by molar-refractivity contribution is 5.45. The highest BCUT2D eigenvalue weighted by Gasteiger charge is 2.15. The van der Waals surface area contributed by atoms with Gasteiger partial charge in [-0.2, -0.15) is 0 Å². The van der Waals surface area contributed by atoms with Gasteiger partial charge in [-0.05, 0) is 43.7 Å². The van der Waals surface area contributed by atoms with Crippen LogP contribution in [0.4, 0.5) is 8.78 Å². The molecule has 38 heavy (non-hydrogen) atoms. The van der Waals surface area contributed by atoms with Crippen LogP contribution in [0.3, 0.4) is 0 Å². The Kier molecular flexibility index (Phi) is 20.0. The third-order valence-electron chi connectivity index (χ3n) is 5.62. The Morgan fingerprint density at radius 2 is 1.68 bits per heavy atom. The Hall–Kier alpha value is -3.18. The Morgan fingerprint density at radius 3 is 2.26 bits per heavy atom. The summed E-state index contributed by atoms with van der Waals surface area (Å²) in [5.41, 5.74) is 2.33. The Morgan fingerprint density at radius 1 is 1.00 bits per heavy atom. The Bertz CT molecular complexity index is 986. The number of allylic oxidation sites excluding steroid dienone is 12. The minimum Gasteiger partial charge on any atom is -0.501 e. The fourth-order valence-electron chi connectivity index (χ4n) is 3.43. The minimum atomic E-state index is -0.639. The summed E-state index contributed by atoms with van der Waals surface area (Å²) in [6, 6.07) is 3.98. The number of ether oxygens (including phenoxy) is 1. The van der Waals surface area contributed by atoms with Gasteiger partial charge in [0.2, 0.25) is 0 Å². The van der Waals surface area contributed by atoms with Gasteiger partial charge in [0.1, 0.15) is 11.7 Å². The fourth-order valence-corrected chi connectivity index (χ4v) is 3.43. The molecule has 0 aliphatic heterocycles. The molecule has 1 heterocycles. The molecule has 0 aliphatic rings. The molecule has 5 heteroatoms. The van der Waals surface area contributed by atoms with Crippen molar-refractivity contribution in [3.63, 3.8) is 0 Å². The zero-order chi connectivity index (χ0) is 28.8.